The van der Waals surface area contributed by atoms with Crippen LogP contribution in [0.3, 0.4) is 0 Å². The molecule has 1 aliphatic carbocycles. The van der Waals surface area contributed by atoms with Gasteiger partial charge in [0.15, 0.2) is 0 Å². The van der Waals surface area contributed by atoms with Crippen LogP contribution in [-0.2, 0) is 14.8 Å². The molecule has 2 aliphatic rings. The lowest BCUT2D eigenvalue weighted by atomic mass is 9.73. The molecule has 0 bridgehead atoms. The largest absolute Gasteiger partial charge is 0.394 e. The molecular formula is C27H34Cl2N2O5S. The Labute approximate surface area is 228 Å². The molecule has 4 rings (SSSR count). The van der Waals surface area contributed by atoms with E-state index in [9.17, 15) is 23.4 Å². The summed E-state index contributed by atoms with van der Waals surface area (Å²) in [6.45, 7) is 1.27. The minimum atomic E-state index is -3.47. The van der Waals surface area contributed by atoms with Crippen molar-refractivity contribution in [2.75, 3.05) is 18.9 Å². The Bertz CT molecular complexity index is 1190. The second-order valence-electron chi connectivity index (χ2n) is 10.1. The minimum absolute atomic E-state index is 0.0462. The van der Waals surface area contributed by atoms with Crippen molar-refractivity contribution in [2.24, 2.45) is 11.8 Å². The molecule has 7 nitrogen and oxygen atoms in total. The number of nitrogens with zero attached hydrogens (tertiary/aromatic N) is 1. The number of hydrogen-bond donors (Lipinski definition) is 3. The van der Waals surface area contributed by atoms with Crippen LogP contribution in [-0.4, -0.2) is 60.5 Å². The first kappa shape index (κ1) is 28.3. The molecule has 2 aromatic rings. The zero-order valence-electron chi connectivity index (χ0n) is 20.8. The van der Waals surface area contributed by atoms with E-state index in [4.69, 9.17) is 23.2 Å². The number of rotatable bonds is 11. The van der Waals surface area contributed by atoms with Crippen LogP contribution in [0.25, 0.3) is 0 Å². The highest BCUT2D eigenvalue weighted by molar-refractivity contribution is 7.89. The summed E-state index contributed by atoms with van der Waals surface area (Å²) in [7, 11) is -3.47. The third-order valence-electron chi connectivity index (χ3n) is 7.49. The van der Waals surface area contributed by atoms with Crippen LogP contribution in [0.2, 0.25) is 10.0 Å². The summed E-state index contributed by atoms with van der Waals surface area (Å²) >= 11 is 12.6. The van der Waals surface area contributed by atoms with Crippen LogP contribution in [0.5, 0.6) is 0 Å². The van der Waals surface area contributed by atoms with E-state index >= 15 is 0 Å². The van der Waals surface area contributed by atoms with Gasteiger partial charge < -0.3 is 15.1 Å². The highest BCUT2D eigenvalue weighted by atomic mass is 35.5. The Morgan fingerprint density at radius 1 is 1.08 bits per heavy atom. The van der Waals surface area contributed by atoms with Gasteiger partial charge in [-0.2, -0.15) is 0 Å². The molecule has 1 saturated carbocycles. The van der Waals surface area contributed by atoms with Gasteiger partial charge in [0.05, 0.1) is 24.5 Å². The first-order chi connectivity index (χ1) is 17.6. The SMILES string of the molecule is CCS(=O)(=O)NC[C@H](C1CC1)N1C(=O)C(CC(O)CO)CC(c2cccc(Cl)c2)C1c1ccc(Cl)cc1. The number of aliphatic hydroxyl groups is 2. The van der Waals surface area contributed by atoms with E-state index in [0.29, 0.717) is 16.5 Å². The summed E-state index contributed by atoms with van der Waals surface area (Å²) < 4.78 is 27.4. The summed E-state index contributed by atoms with van der Waals surface area (Å²) in [5, 5.41) is 21.0. The average molecular weight is 570 g/mol. The van der Waals surface area contributed by atoms with Gasteiger partial charge in [0.25, 0.3) is 0 Å². The molecule has 3 N–H and O–H groups in total. The number of hydrogen-bond acceptors (Lipinski definition) is 5. The van der Waals surface area contributed by atoms with Crippen LogP contribution in [0.15, 0.2) is 48.5 Å². The summed E-state index contributed by atoms with van der Waals surface area (Å²) in [6.07, 6.45) is 1.36. The van der Waals surface area contributed by atoms with Gasteiger partial charge >= 0.3 is 0 Å². The van der Waals surface area contributed by atoms with E-state index in [1.54, 1.807) is 25.1 Å². The zero-order chi connectivity index (χ0) is 26.7. The number of carbonyl (C=O) groups excluding carboxylic acids is 1. The predicted molar refractivity (Wildman–Crippen MR) is 145 cm³/mol. The van der Waals surface area contributed by atoms with Crippen LogP contribution < -0.4 is 4.72 Å². The first-order valence-electron chi connectivity index (χ1n) is 12.7. The number of benzene rings is 2. The van der Waals surface area contributed by atoms with Crippen molar-refractivity contribution < 1.29 is 23.4 Å². The monoisotopic (exact) mass is 568 g/mol. The highest BCUT2D eigenvalue weighted by Gasteiger charge is 2.49. The molecule has 37 heavy (non-hydrogen) atoms. The fraction of sp³-hybridized carbons (Fsp3) is 0.519. The summed E-state index contributed by atoms with van der Waals surface area (Å²) in [5.74, 6) is -0.732. The Balaban J connectivity index is 1.83. The number of halogens is 2. The van der Waals surface area contributed by atoms with E-state index in [-0.39, 0.29) is 48.5 Å². The predicted octanol–water partition coefficient (Wildman–Crippen LogP) is 4.13. The Hall–Kier alpha value is -1.68. The van der Waals surface area contributed by atoms with Gasteiger partial charge in [-0.05, 0) is 73.9 Å². The van der Waals surface area contributed by atoms with Gasteiger partial charge in [-0.15, -0.1) is 0 Å². The van der Waals surface area contributed by atoms with Crippen molar-refractivity contribution in [3.05, 3.63) is 69.7 Å². The maximum Gasteiger partial charge on any atom is 0.226 e. The van der Waals surface area contributed by atoms with Gasteiger partial charge in [-0.25, -0.2) is 13.1 Å². The number of carbonyl (C=O) groups is 1. The molecule has 0 spiro atoms. The maximum absolute atomic E-state index is 14.1. The zero-order valence-corrected chi connectivity index (χ0v) is 23.1. The van der Waals surface area contributed by atoms with Gasteiger partial charge in [-0.1, -0.05) is 47.5 Å². The van der Waals surface area contributed by atoms with Crippen molar-refractivity contribution in [2.45, 2.75) is 56.7 Å². The average Bonchev–Trinajstić information content (AvgIpc) is 3.72. The molecular weight excluding hydrogens is 535 g/mol. The second kappa shape index (κ2) is 12.0. The summed E-state index contributed by atoms with van der Waals surface area (Å²) in [5.41, 5.74) is 1.85. The van der Waals surface area contributed by atoms with E-state index in [1.165, 1.54) is 0 Å². The molecule has 10 heteroatoms. The molecule has 4 unspecified atom stereocenters. The van der Waals surface area contributed by atoms with Crippen molar-refractivity contribution in [3.8, 4) is 0 Å². The molecule has 0 radical (unpaired) electrons. The molecule has 1 saturated heterocycles. The van der Waals surface area contributed by atoms with Gasteiger partial charge in [-0.3, -0.25) is 4.79 Å². The third-order valence-corrected chi connectivity index (χ3v) is 9.35. The number of amides is 1. The lowest BCUT2D eigenvalue weighted by molar-refractivity contribution is -0.149. The van der Waals surface area contributed by atoms with E-state index in [0.717, 1.165) is 24.0 Å². The van der Waals surface area contributed by atoms with Crippen LogP contribution in [0.4, 0.5) is 0 Å². The molecule has 1 amide bonds. The normalized spacial score (nSPS) is 24.2. The fourth-order valence-electron chi connectivity index (χ4n) is 5.44. The number of aliphatic hydroxyl groups excluding tert-OH is 2. The topological polar surface area (TPSA) is 107 Å². The number of piperidine rings is 1. The number of likely N-dealkylation sites (tertiary alicyclic amines) is 1. The van der Waals surface area contributed by atoms with Gasteiger partial charge in [0, 0.05) is 34.5 Å². The van der Waals surface area contributed by atoms with Gasteiger partial charge in [0.2, 0.25) is 15.9 Å². The second-order valence-corrected chi connectivity index (χ2v) is 13.0. The summed E-state index contributed by atoms with van der Waals surface area (Å²) in [4.78, 5) is 16.0. The molecule has 1 heterocycles. The smallest absolute Gasteiger partial charge is 0.226 e. The van der Waals surface area contributed by atoms with E-state index < -0.39 is 28.7 Å². The van der Waals surface area contributed by atoms with Crippen LogP contribution in [0, 0.1) is 11.8 Å². The number of sulfonamides is 1. The van der Waals surface area contributed by atoms with E-state index in [1.807, 2.05) is 35.2 Å². The molecule has 1 aliphatic heterocycles. The molecule has 202 valence electrons. The molecule has 0 aromatic heterocycles. The molecule has 5 atom stereocenters. The molecule has 2 aromatic carbocycles. The maximum atomic E-state index is 14.1. The quantitative estimate of drug-likeness (QED) is 0.378. The summed E-state index contributed by atoms with van der Waals surface area (Å²) in [6, 6.07) is 14.2. The van der Waals surface area contributed by atoms with Crippen LogP contribution in [0.1, 0.15) is 55.7 Å². The highest BCUT2D eigenvalue weighted by Crippen LogP contribution is 2.50. The van der Waals surface area contributed by atoms with Crippen molar-refractivity contribution >= 4 is 39.1 Å². The number of nitrogens with one attached hydrogen (secondary N) is 1. The van der Waals surface area contributed by atoms with Crippen molar-refractivity contribution in [3.63, 3.8) is 0 Å². The Morgan fingerprint density at radius 2 is 1.78 bits per heavy atom. The lowest BCUT2D eigenvalue weighted by Crippen LogP contribution is -2.56. The minimum Gasteiger partial charge on any atom is -0.394 e. The third kappa shape index (κ3) is 6.85. The lowest BCUT2D eigenvalue weighted by Gasteiger charge is -2.49. The van der Waals surface area contributed by atoms with Gasteiger partial charge in [0.1, 0.15) is 0 Å². The first-order valence-corrected chi connectivity index (χ1v) is 15.1. The van der Waals surface area contributed by atoms with Crippen molar-refractivity contribution in [1.82, 2.24) is 9.62 Å². The fourth-order valence-corrected chi connectivity index (χ4v) is 6.40. The van der Waals surface area contributed by atoms with E-state index in [2.05, 4.69) is 4.72 Å². The van der Waals surface area contributed by atoms with Crippen molar-refractivity contribution in [1.29, 1.82) is 0 Å². The Morgan fingerprint density at radius 3 is 2.38 bits per heavy atom. The standard InChI is InChI=1S/C27H34Cl2N2O5S/c1-2-37(35,36)30-15-25(17-6-7-17)31-26(18-8-10-21(28)11-9-18)24(19-4-3-5-22(29)12-19)14-20(27(31)34)13-23(33)16-32/h3-5,8-12,17,20,23-26,30,32-33H,2,6-7,13-16H2,1H3/t20?,23?,24?,25-,26?/m1/s1. The molecule has 2 fully saturated rings. The Kier molecular flexibility index (Phi) is 9.20. The van der Waals surface area contributed by atoms with Crippen LogP contribution >= 0.6 is 23.2 Å².